The zero-order chi connectivity index (χ0) is 12.4. The van der Waals surface area contributed by atoms with Gasteiger partial charge >= 0.3 is 0 Å². The highest BCUT2D eigenvalue weighted by Gasteiger charge is 2.06. The van der Waals surface area contributed by atoms with Gasteiger partial charge in [-0.05, 0) is 42.5 Å². The van der Waals surface area contributed by atoms with Crippen molar-refractivity contribution < 1.29 is 4.42 Å². The highest BCUT2D eigenvalue weighted by molar-refractivity contribution is 7.09. The first-order valence-electron chi connectivity index (χ1n) is 5.98. The summed E-state index contributed by atoms with van der Waals surface area (Å²) in [7, 11) is 0. The minimum Gasteiger partial charge on any atom is -0.441 e. The first-order chi connectivity index (χ1) is 8.81. The topological polar surface area (TPSA) is 52.0 Å². The molecule has 4 heteroatoms. The van der Waals surface area contributed by atoms with Crippen molar-refractivity contribution >= 4 is 28.1 Å². The van der Waals surface area contributed by atoms with Crippen molar-refractivity contribution in [3.8, 4) is 0 Å². The van der Waals surface area contributed by atoms with Gasteiger partial charge in [-0.15, -0.1) is 11.3 Å². The summed E-state index contributed by atoms with van der Waals surface area (Å²) in [6, 6.07) is 9.81. The molecule has 0 aliphatic carbocycles. The summed E-state index contributed by atoms with van der Waals surface area (Å²) >= 11 is 1.80. The van der Waals surface area contributed by atoms with Gasteiger partial charge < -0.3 is 10.2 Å². The number of benzene rings is 1. The van der Waals surface area contributed by atoms with Gasteiger partial charge in [0.2, 0.25) is 0 Å². The zero-order valence-corrected chi connectivity index (χ0v) is 10.7. The zero-order valence-electron chi connectivity index (χ0n) is 9.93. The van der Waals surface area contributed by atoms with E-state index in [0.29, 0.717) is 0 Å². The predicted octanol–water partition coefficient (Wildman–Crippen LogP) is 3.65. The lowest BCUT2D eigenvalue weighted by atomic mass is 10.2. The second-order valence-corrected chi connectivity index (χ2v) is 5.30. The number of fused-ring (bicyclic) bond motifs is 1. The fourth-order valence-corrected chi connectivity index (χ4v) is 2.72. The minimum atomic E-state index is 0.723. The van der Waals surface area contributed by atoms with Crippen molar-refractivity contribution in [1.29, 1.82) is 0 Å². The van der Waals surface area contributed by atoms with Crippen LogP contribution in [0.1, 0.15) is 17.2 Å². The second kappa shape index (κ2) is 4.82. The number of anilines is 1. The number of rotatable bonds is 4. The van der Waals surface area contributed by atoms with Gasteiger partial charge in [0, 0.05) is 17.0 Å². The van der Waals surface area contributed by atoms with Crippen LogP contribution in [0.2, 0.25) is 0 Å². The average Bonchev–Trinajstić information content (AvgIpc) is 2.97. The van der Waals surface area contributed by atoms with Gasteiger partial charge in [0.05, 0.1) is 0 Å². The Kier molecular flexibility index (Phi) is 3.02. The number of nitrogens with two attached hydrogens (primary N) is 1. The van der Waals surface area contributed by atoms with Crippen molar-refractivity contribution in [3.05, 3.63) is 46.5 Å². The van der Waals surface area contributed by atoms with Crippen LogP contribution in [0, 0.1) is 0 Å². The van der Waals surface area contributed by atoms with Crippen molar-refractivity contribution in [1.82, 2.24) is 4.98 Å². The summed E-state index contributed by atoms with van der Waals surface area (Å²) in [6.07, 6.45) is 3.01. The molecule has 3 rings (SSSR count). The number of oxazole rings is 1. The first-order valence-corrected chi connectivity index (χ1v) is 6.86. The maximum atomic E-state index is 5.72. The van der Waals surface area contributed by atoms with Crippen LogP contribution in [0.3, 0.4) is 0 Å². The van der Waals surface area contributed by atoms with Gasteiger partial charge in [0.15, 0.2) is 11.5 Å². The van der Waals surface area contributed by atoms with Gasteiger partial charge in [-0.25, -0.2) is 4.98 Å². The van der Waals surface area contributed by atoms with Crippen LogP contribution in [-0.2, 0) is 12.8 Å². The number of thiophene rings is 1. The molecule has 18 heavy (non-hydrogen) atoms. The van der Waals surface area contributed by atoms with E-state index in [4.69, 9.17) is 10.2 Å². The molecular weight excluding hydrogens is 244 g/mol. The van der Waals surface area contributed by atoms with Crippen LogP contribution in [0.5, 0.6) is 0 Å². The predicted molar refractivity (Wildman–Crippen MR) is 74.8 cm³/mol. The van der Waals surface area contributed by atoms with E-state index >= 15 is 0 Å². The summed E-state index contributed by atoms with van der Waals surface area (Å²) in [6.45, 7) is 0. The highest BCUT2D eigenvalue weighted by Crippen LogP contribution is 2.20. The monoisotopic (exact) mass is 258 g/mol. The molecule has 0 saturated carbocycles. The Balaban J connectivity index is 1.67. The summed E-state index contributed by atoms with van der Waals surface area (Å²) < 4.78 is 5.68. The molecule has 2 heterocycles. The highest BCUT2D eigenvalue weighted by atomic mass is 32.1. The molecule has 3 nitrogen and oxygen atoms in total. The van der Waals surface area contributed by atoms with Gasteiger partial charge in [0.1, 0.15) is 5.52 Å². The van der Waals surface area contributed by atoms with Crippen LogP contribution < -0.4 is 5.73 Å². The quantitative estimate of drug-likeness (QED) is 0.727. The van der Waals surface area contributed by atoms with Gasteiger partial charge in [0.25, 0.3) is 0 Å². The van der Waals surface area contributed by atoms with Crippen LogP contribution in [0.15, 0.2) is 40.1 Å². The van der Waals surface area contributed by atoms with Crippen LogP contribution in [-0.4, -0.2) is 4.98 Å². The Labute approximate surface area is 109 Å². The molecule has 2 aromatic heterocycles. The fraction of sp³-hybridized carbons (Fsp3) is 0.214. The molecule has 0 fully saturated rings. The van der Waals surface area contributed by atoms with E-state index in [1.54, 1.807) is 11.3 Å². The molecule has 1 aromatic carbocycles. The third-order valence-electron chi connectivity index (χ3n) is 2.85. The SMILES string of the molecule is Nc1ccc2oc(CCCc3cccs3)nc2c1. The van der Waals surface area contributed by atoms with E-state index in [9.17, 15) is 0 Å². The summed E-state index contributed by atoms with van der Waals surface area (Å²) in [5.41, 5.74) is 8.10. The number of hydrogen-bond acceptors (Lipinski definition) is 4. The Hall–Kier alpha value is -1.81. The molecule has 2 N–H and O–H groups in total. The molecule has 92 valence electrons. The van der Waals surface area contributed by atoms with Gasteiger partial charge in [-0.3, -0.25) is 0 Å². The minimum absolute atomic E-state index is 0.723. The molecule has 0 unspecified atom stereocenters. The molecule has 0 bridgehead atoms. The molecule has 0 radical (unpaired) electrons. The third-order valence-corrected chi connectivity index (χ3v) is 3.79. The third kappa shape index (κ3) is 2.38. The largest absolute Gasteiger partial charge is 0.441 e. The van der Waals surface area contributed by atoms with E-state index in [2.05, 4.69) is 22.5 Å². The number of aromatic nitrogens is 1. The van der Waals surface area contributed by atoms with E-state index in [0.717, 1.165) is 41.9 Å². The lowest BCUT2D eigenvalue weighted by molar-refractivity contribution is 0.520. The average molecular weight is 258 g/mol. The lowest BCUT2D eigenvalue weighted by Crippen LogP contribution is -1.87. The molecule has 0 atom stereocenters. The fourth-order valence-electron chi connectivity index (χ4n) is 1.97. The van der Waals surface area contributed by atoms with E-state index in [1.165, 1.54) is 4.88 Å². The van der Waals surface area contributed by atoms with Gasteiger partial charge in [-0.2, -0.15) is 0 Å². The van der Waals surface area contributed by atoms with Crippen LogP contribution in [0.4, 0.5) is 5.69 Å². The first kappa shape index (κ1) is 11.3. The molecule has 0 aliphatic heterocycles. The summed E-state index contributed by atoms with van der Waals surface area (Å²) in [4.78, 5) is 5.86. The van der Waals surface area contributed by atoms with E-state index in [-0.39, 0.29) is 0 Å². The maximum Gasteiger partial charge on any atom is 0.195 e. The number of aryl methyl sites for hydroxylation is 2. The molecule has 3 aromatic rings. The van der Waals surface area contributed by atoms with Crippen LogP contribution in [0.25, 0.3) is 11.1 Å². The Bertz CT molecular complexity index is 643. The van der Waals surface area contributed by atoms with Crippen molar-refractivity contribution in [2.75, 3.05) is 5.73 Å². The normalized spacial score (nSPS) is 11.1. The Morgan fingerprint density at radius 3 is 3.00 bits per heavy atom. The number of nitrogen functional groups attached to an aromatic ring is 1. The molecule has 0 spiro atoms. The molecular formula is C14H14N2OS. The van der Waals surface area contributed by atoms with Crippen molar-refractivity contribution in [2.45, 2.75) is 19.3 Å². The number of hydrogen-bond donors (Lipinski definition) is 1. The molecule has 0 amide bonds. The maximum absolute atomic E-state index is 5.72. The standard InChI is InChI=1S/C14H14N2OS/c15-10-6-7-13-12(9-10)16-14(17-13)5-1-3-11-4-2-8-18-11/h2,4,6-9H,1,3,5,15H2. The molecule has 0 aliphatic rings. The number of nitrogens with zero attached hydrogens (tertiary/aromatic N) is 1. The van der Waals surface area contributed by atoms with Crippen molar-refractivity contribution in [2.24, 2.45) is 0 Å². The van der Waals surface area contributed by atoms with Gasteiger partial charge in [-0.1, -0.05) is 6.07 Å². The Morgan fingerprint density at radius 1 is 1.22 bits per heavy atom. The summed E-state index contributed by atoms with van der Waals surface area (Å²) in [5, 5.41) is 2.11. The Morgan fingerprint density at radius 2 is 2.17 bits per heavy atom. The lowest BCUT2D eigenvalue weighted by Gasteiger charge is -1.94. The van der Waals surface area contributed by atoms with Crippen LogP contribution >= 0.6 is 11.3 Å². The van der Waals surface area contributed by atoms with E-state index < -0.39 is 0 Å². The second-order valence-electron chi connectivity index (χ2n) is 4.27. The van der Waals surface area contributed by atoms with E-state index in [1.807, 2.05) is 18.2 Å². The smallest absolute Gasteiger partial charge is 0.195 e. The summed E-state index contributed by atoms with van der Waals surface area (Å²) in [5.74, 6) is 0.798. The molecule has 0 saturated heterocycles. The van der Waals surface area contributed by atoms with Crippen molar-refractivity contribution in [3.63, 3.8) is 0 Å².